The second-order valence-electron chi connectivity index (χ2n) is 5.76. The Kier molecular flexibility index (Phi) is 4.42. The highest BCUT2D eigenvalue weighted by molar-refractivity contribution is 6.03. The summed E-state index contributed by atoms with van der Waals surface area (Å²) < 4.78 is 5.13. The molecule has 1 unspecified atom stereocenters. The van der Waals surface area contributed by atoms with E-state index in [2.05, 4.69) is 0 Å². The third-order valence-electron chi connectivity index (χ3n) is 4.16. The van der Waals surface area contributed by atoms with Gasteiger partial charge in [0, 0.05) is 6.42 Å². The van der Waals surface area contributed by atoms with E-state index in [0.717, 1.165) is 16.9 Å². The maximum Gasteiger partial charge on any atom is 0.233 e. The smallest absolute Gasteiger partial charge is 0.233 e. The molecule has 3 rings (SSSR count). The Morgan fingerprint density at radius 3 is 2.35 bits per heavy atom. The zero-order valence-corrected chi connectivity index (χ0v) is 13.1. The molecule has 0 radical (unpaired) electrons. The largest absolute Gasteiger partial charge is 0.497 e. The van der Waals surface area contributed by atoms with Crippen LogP contribution in [0.5, 0.6) is 5.75 Å². The SMILES string of the molecule is COc1ccc(CC2CC(=O)N(Cc3ccccc3)C2=O)cc1. The molecule has 0 N–H and O–H groups in total. The first-order valence-corrected chi connectivity index (χ1v) is 7.68. The summed E-state index contributed by atoms with van der Waals surface area (Å²) >= 11 is 0. The minimum Gasteiger partial charge on any atom is -0.497 e. The van der Waals surface area contributed by atoms with Gasteiger partial charge in [-0.15, -0.1) is 0 Å². The number of carbonyl (C=O) groups is 2. The third-order valence-corrected chi connectivity index (χ3v) is 4.16. The fourth-order valence-corrected chi connectivity index (χ4v) is 2.89. The standard InChI is InChI=1S/C19H19NO3/c1-23-17-9-7-14(8-10-17)11-16-12-18(21)20(19(16)22)13-15-5-3-2-4-6-15/h2-10,16H,11-13H2,1H3. The van der Waals surface area contributed by atoms with Gasteiger partial charge in [0.2, 0.25) is 11.8 Å². The van der Waals surface area contributed by atoms with E-state index < -0.39 is 0 Å². The lowest BCUT2D eigenvalue weighted by Crippen LogP contribution is -2.30. The van der Waals surface area contributed by atoms with Crippen LogP contribution in [0.1, 0.15) is 17.5 Å². The van der Waals surface area contributed by atoms with Crippen LogP contribution in [0.4, 0.5) is 0 Å². The molecule has 1 aliphatic heterocycles. The fraction of sp³-hybridized carbons (Fsp3) is 0.263. The third kappa shape index (κ3) is 3.42. The molecule has 1 atom stereocenters. The number of benzene rings is 2. The number of nitrogens with zero attached hydrogens (tertiary/aromatic N) is 1. The van der Waals surface area contributed by atoms with Gasteiger partial charge in [0.15, 0.2) is 0 Å². The molecule has 1 aliphatic rings. The van der Waals surface area contributed by atoms with Crippen molar-refractivity contribution in [2.45, 2.75) is 19.4 Å². The molecule has 1 saturated heterocycles. The molecule has 4 nitrogen and oxygen atoms in total. The van der Waals surface area contributed by atoms with Crippen LogP contribution in [0.25, 0.3) is 0 Å². The maximum absolute atomic E-state index is 12.5. The first-order valence-electron chi connectivity index (χ1n) is 7.68. The molecule has 2 amide bonds. The van der Waals surface area contributed by atoms with Gasteiger partial charge in [0.05, 0.1) is 19.6 Å². The minimum absolute atomic E-state index is 0.0744. The van der Waals surface area contributed by atoms with Crippen LogP contribution in [-0.2, 0) is 22.6 Å². The number of rotatable bonds is 5. The molecule has 2 aromatic rings. The van der Waals surface area contributed by atoms with Crippen molar-refractivity contribution >= 4 is 11.8 Å². The van der Waals surface area contributed by atoms with E-state index in [4.69, 9.17) is 4.74 Å². The highest BCUT2D eigenvalue weighted by Crippen LogP contribution is 2.26. The van der Waals surface area contributed by atoms with Crippen molar-refractivity contribution in [3.05, 3.63) is 65.7 Å². The Bertz CT molecular complexity index is 694. The summed E-state index contributed by atoms with van der Waals surface area (Å²) in [5, 5.41) is 0. The predicted octanol–water partition coefficient (Wildman–Crippen LogP) is 2.81. The van der Waals surface area contributed by atoms with Crippen LogP contribution in [0.15, 0.2) is 54.6 Å². The lowest BCUT2D eigenvalue weighted by molar-refractivity contribution is -0.140. The average Bonchev–Trinajstić information content (AvgIpc) is 2.84. The van der Waals surface area contributed by atoms with Gasteiger partial charge in [-0.05, 0) is 29.7 Å². The summed E-state index contributed by atoms with van der Waals surface area (Å²) in [5.41, 5.74) is 2.01. The first-order chi connectivity index (χ1) is 11.2. The first kappa shape index (κ1) is 15.3. The van der Waals surface area contributed by atoms with Gasteiger partial charge in [-0.1, -0.05) is 42.5 Å². The van der Waals surface area contributed by atoms with Crippen molar-refractivity contribution in [2.75, 3.05) is 7.11 Å². The molecule has 1 heterocycles. The van der Waals surface area contributed by atoms with Crippen LogP contribution in [0, 0.1) is 5.92 Å². The molecule has 0 saturated carbocycles. The second-order valence-corrected chi connectivity index (χ2v) is 5.76. The summed E-state index contributed by atoms with van der Waals surface area (Å²) in [6, 6.07) is 17.2. The van der Waals surface area contributed by atoms with Crippen LogP contribution in [-0.4, -0.2) is 23.8 Å². The van der Waals surface area contributed by atoms with E-state index >= 15 is 0 Å². The molecule has 0 bridgehead atoms. The van der Waals surface area contributed by atoms with Gasteiger partial charge in [0.25, 0.3) is 0 Å². The van der Waals surface area contributed by atoms with Crippen molar-refractivity contribution < 1.29 is 14.3 Å². The Balaban J connectivity index is 1.68. The quantitative estimate of drug-likeness (QED) is 0.798. The molecule has 0 aromatic heterocycles. The highest BCUT2D eigenvalue weighted by Gasteiger charge is 2.38. The van der Waals surface area contributed by atoms with E-state index in [1.807, 2.05) is 54.6 Å². The van der Waals surface area contributed by atoms with Crippen molar-refractivity contribution in [3.8, 4) is 5.75 Å². The zero-order valence-electron chi connectivity index (χ0n) is 13.1. The summed E-state index contributed by atoms with van der Waals surface area (Å²) in [6.07, 6.45) is 0.873. The van der Waals surface area contributed by atoms with E-state index in [9.17, 15) is 9.59 Å². The number of amides is 2. The normalized spacial score (nSPS) is 17.6. The van der Waals surface area contributed by atoms with E-state index in [1.165, 1.54) is 4.90 Å². The van der Waals surface area contributed by atoms with E-state index in [-0.39, 0.29) is 24.2 Å². The number of methoxy groups -OCH3 is 1. The fourth-order valence-electron chi connectivity index (χ4n) is 2.89. The van der Waals surface area contributed by atoms with Gasteiger partial charge in [-0.25, -0.2) is 0 Å². The predicted molar refractivity (Wildman–Crippen MR) is 86.8 cm³/mol. The van der Waals surface area contributed by atoms with Crippen LogP contribution in [0.2, 0.25) is 0 Å². The lowest BCUT2D eigenvalue weighted by Gasteiger charge is -2.15. The van der Waals surface area contributed by atoms with Gasteiger partial charge < -0.3 is 4.74 Å². The van der Waals surface area contributed by atoms with Crippen molar-refractivity contribution in [3.63, 3.8) is 0 Å². The Labute approximate surface area is 135 Å². The van der Waals surface area contributed by atoms with Gasteiger partial charge in [-0.2, -0.15) is 0 Å². The molecule has 0 spiro atoms. The van der Waals surface area contributed by atoms with Gasteiger partial charge >= 0.3 is 0 Å². The molecule has 2 aromatic carbocycles. The maximum atomic E-state index is 12.5. The van der Waals surface area contributed by atoms with Gasteiger partial charge in [0.1, 0.15) is 5.75 Å². The number of ether oxygens (including phenoxy) is 1. The second kappa shape index (κ2) is 6.65. The molecule has 118 valence electrons. The lowest BCUT2D eigenvalue weighted by atomic mass is 9.98. The monoisotopic (exact) mass is 309 g/mol. The summed E-state index contributed by atoms with van der Waals surface area (Å²) in [4.78, 5) is 26.1. The van der Waals surface area contributed by atoms with Gasteiger partial charge in [-0.3, -0.25) is 14.5 Å². The van der Waals surface area contributed by atoms with Crippen LogP contribution in [0.3, 0.4) is 0 Å². The number of imide groups is 1. The number of hydrogen-bond donors (Lipinski definition) is 0. The summed E-state index contributed by atoms with van der Waals surface area (Å²) in [6.45, 7) is 0.359. The Morgan fingerprint density at radius 2 is 1.70 bits per heavy atom. The number of carbonyl (C=O) groups excluding carboxylic acids is 2. The molecule has 1 fully saturated rings. The number of hydrogen-bond acceptors (Lipinski definition) is 3. The van der Waals surface area contributed by atoms with Crippen LogP contribution >= 0.6 is 0 Å². The minimum atomic E-state index is -0.264. The van der Waals surface area contributed by atoms with E-state index in [0.29, 0.717) is 13.0 Å². The van der Waals surface area contributed by atoms with Crippen LogP contribution < -0.4 is 4.74 Å². The topological polar surface area (TPSA) is 46.6 Å². The summed E-state index contributed by atoms with van der Waals surface area (Å²) in [7, 11) is 1.62. The van der Waals surface area contributed by atoms with Crippen molar-refractivity contribution in [2.24, 2.45) is 5.92 Å². The molecular formula is C19H19NO3. The number of likely N-dealkylation sites (tertiary alicyclic amines) is 1. The average molecular weight is 309 g/mol. The zero-order chi connectivity index (χ0) is 16.2. The molecule has 0 aliphatic carbocycles. The Hall–Kier alpha value is -2.62. The molecular weight excluding hydrogens is 290 g/mol. The van der Waals surface area contributed by atoms with E-state index in [1.54, 1.807) is 7.11 Å². The van der Waals surface area contributed by atoms with Crippen molar-refractivity contribution in [1.82, 2.24) is 4.90 Å². The highest BCUT2D eigenvalue weighted by atomic mass is 16.5. The van der Waals surface area contributed by atoms with Crippen molar-refractivity contribution in [1.29, 1.82) is 0 Å². The summed E-state index contributed by atoms with van der Waals surface area (Å²) in [5.74, 6) is 0.361. The molecule has 4 heteroatoms. The Morgan fingerprint density at radius 1 is 1.00 bits per heavy atom. The molecule has 23 heavy (non-hydrogen) atoms.